The Labute approximate surface area is 177 Å². The van der Waals surface area contributed by atoms with Crippen LogP contribution in [-0.2, 0) is 7.05 Å². The number of anilines is 2. The molecule has 4 rings (SSSR count). The topological polar surface area (TPSA) is 91.6 Å². The van der Waals surface area contributed by atoms with Gasteiger partial charge in [-0.2, -0.15) is 0 Å². The Hall–Kier alpha value is -4.07. The van der Waals surface area contributed by atoms with Crippen LogP contribution >= 0.6 is 0 Å². The second kappa shape index (κ2) is 7.64. The van der Waals surface area contributed by atoms with E-state index in [1.165, 1.54) is 18.9 Å². The van der Waals surface area contributed by atoms with E-state index in [1.807, 2.05) is 18.2 Å². The smallest absolute Gasteiger partial charge is 0.279 e. The molecule has 0 aliphatic carbocycles. The average molecular weight is 419 g/mol. The molecule has 0 unspecified atom stereocenters. The fourth-order valence-electron chi connectivity index (χ4n) is 3.66. The van der Waals surface area contributed by atoms with Crippen molar-refractivity contribution in [2.24, 2.45) is 7.05 Å². The van der Waals surface area contributed by atoms with Crippen molar-refractivity contribution in [1.29, 1.82) is 0 Å². The van der Waals surface area contributed by atoms with Crippen LogP contribution in [0.5, 0.6) is 11.5 Å². The number of nitrogens with zero attached hydrogens (tertiary/aromatic N) is 2. The Bertz CT molecular complexity index is 1410. The normalized spacial score (nSPS) is 11.0. The van der Waals surface area contributed by atoms with Crippen LogP contribution < -0.4 is 31.2 Å². The molecule has 0 fully saturated rings. The zero-order chi connectivity index (χ0) is 22.3. The minimum atomic E-state index is -0.686. The molecule has 0 amide bonds. The Morgan fingerprint density at radius 3 is 2.16 bits per heavy atom. The lowest BCUT2D eigenvalue weighted by atomic mass is 9.98. The average Bonchev–Trinajstić information content (AvgIpc) is 3.01. The molecule has 0 radical (unpaired) electrons. The summed E-state index contributed by atoms with van der Waals surface area (Å²) in [5.74, 6) is 0.998. The quantitative estimate of drug-likeness (QED) is 0.483. The molecular weight excluding hydrogens is 398 g/mol. The maximum atomic E-state index is 13.3. The van der Waals surface area contributed by atoms with Crippen molar-refractivity contribution in [3.63, 3.8) is 0 Å². The van der Waals surface area contributed by atoms with Gasteiger partial charge in [-0.1, -0.05) is 18.2 Å². The Balaban J connectivity index is 1.83. The van der Waals surface area contributed by atoms with Gasteiger partial charge in [-0.15, -0.1) is 0 Å². The molecule has 0 saturated carbocycles. The van der Waals surface area contributed by atoms with Gasteiger partial charge in [0.05, 0.1) is 31.0 Å². The van der Waals surface area contributed by atoms with E-state index in [-0.39, 0.29) is 22.4 Å². The number of hydrogen-bond donors (Lipinski definition) is 1. The number of methoxy groups -OCH3 is 2. The number of para-hydroxylation sites is 1. The van der Waals surface area contributed by atoms with Gasteiger partial charge in [-0.05, 0) is 31.2 Å². The van der Waals surface area contributed by atoms with Gasteiger partial charge >= 0.3 is 0 Å². The van der Waals surface area contributed by atoms with Crippen LogP contribution in [0.15, 0.2) is 62.9 Å². The van der Waals surface area contributed by atoms with E-state index in [0.29, 0.717) is 28.6 Å². The molecular formula is C23H21N3O5. The molecule has 1 N–H and O–H groups in total. The van der Waals surface area contributed by atoms with Crippen LogP contribution in [0.3, 0.4) is 0 Å². The highest BCUT2D eigenvalue weighted by Crippen LogP contribution is 2.33. The number of aromatic nitrogens is 2. The second-order valence-electron chi connectivity index (χ2n) is 7.04. The first-order valence-corrected chi connectivity index (χ1v) is 9.55. The van der Waals surface area contributed by atoms with Crippen LogP contribution in [0, 0.1) is 6.92 Å². The largest absolute Gasteiger partial charge is 0.493 e. The number of ether oxygens (including phenoxy) is 2. The highest BCUT2D eigenvalue weighted by atomic mass is 16.5. The van der Waals surface area contributed by atoms with Gasteiger partial charge in [-0.3, -0.25) is 19.1 Å². The highest BCUT2D eigenvalue weighted by molar-refractivity contribution is 5.86. The Morgan fingerprint density at radius 1 is 0.839 bits per heavy atom. The third kappa shape index (κ3) is 3.13. The summed E-state index contributed by atoms with van der Waals surface area (Å²) < 4.78 is 13.7. The molecule has 158 valence electrons. The van der Waals surface area contributed by atoms with Gasteiger partial charge in [0, 0.05) is 24.5 Å². The van der Waals surface area contributed by atoms with E-state index >= 15 is 0 Å². The van der Waals surface area contributed by atoms with E-state index in [1.54, 1.807) is 49.0 Å². The third-order valence-corrected chi connectivity index (χ3v) is 5.37. The maximum Gasteiger partial charge on any atom is 0.279 e. The monoisotopic (exact) mass is 419 g/mol. The number of hydrogen-bond acceptors (Lipinski definition) is 6. The molecule has 0 aliphatic rings. The molecule has 0 spiro atoms. The summed E-state index contributed by atoms with van der Waals surface area (Å²) in [6, 6.07) is 14.1. The molecule has 31 heavy (non-hydrogen) atoms. The van der Waals surface area contributed by atoms with E-state index in [0.717, 1.165) is 0 Å². The van der Waals surface area contributed by atoms with Crippen molar-refractivity contribution >= 4 is 11.4 Å². The van der Waals surface area contributed by atoms with Crippen molar-refractivity contribution in [1.82, 2.24) is 9.36 Å². The van der Waals surface area contributed by atoms with Gasteiger partial charge in [0.25, 0.3) is 11.0 Å². The summed E-state index contributed by atoms with van der Waals surface area (Å²) in [7, 11) is 4.76. The van der Waals surface area contributed by atoms with Crippen molar-refractivity contribution in [2.75, 3.05) is 19.5 Å². The molecule has 3 aromatic carbocycles. The van der Waals surface area contributed by atoms with Crippen LogP contribution in [0.2, 0.25) is 0 Å². The maximum absolute atomic E-state index is 13.3. The van der Waals surface area contributed by atoms with Gasteiger partial charge in [0.1, 0.15) is 5.69 Å². The molecule has 0 bridgehead atoms. The molecule has 8 nitrogen and oxygen atoms in total. The van der Waals surface area contributed by atoms with E-state index in [9.17, 15) is 14.4 Å². The third-order valence-electron chi connectivity index (χ3n) is 5.37. The molecule has 4 aromatic rings. The lowest BCUT2D eigenvalue weighted by Gasteiger charge is -2.14. The fraction of sp³-hybridized carbons (Fsp3) is 0.174. The van der Waals surface area contributed by atoms with Crippen molar-refractivity contribution in [2.45, 2.75) is 6.92 Å². The van der Waals surface area contributed by atoms with Crippen LogP contribution in [0.4, 0.5) is 11.4 Å². The molecule has 0 saturated heterocycles. The highest BCUT2D eigenvalue weighted by Gasteiger charge is 2.29. The number of benzene rings is 2. The summed E-state index contributed by atoms with van der Waals surface area (Å²) in [6.07, 6.45) is 0. The van der Waals surface area contributed by atoms with Gasteiger partial charge in [0.15, 0.2) is 11.5 Å². The fourth-order valence-corrected chi connectivity index (χ4v) is 3.66. The first-order valence-electron chi connectivity index (χ1n) is 9.55. The minimum Gasteiger partial charge on any atom is -0.493 e. The van der Waals surface area contributed by atoms with Gasteiger partial charge in [-0.25, -0.2) is 4.68 Å². The first kappa shape index (κ1) is 20.2. The van der Waals surface area contributed by atoms with Crippen LogP contribution in [0.25, 0.3) is 16.8 Å². The van der Waals surface area contributed by atoms with E-state index in [4.69, 9.17) is 9.47 Å². The van der Waals surface area contributed by atoms with Gasteiger partial charge < -0.3 is 14.8 Å². The van der Waals surface area contributed by atoms with Crippen molar-refractivity contribution < 1.29 is 9.47 Å². The summed E-state index contributed by atoms with van der Waals surface area (Å²) in [4.78, 5) is 38.1. The molecule has 8 heteroatoms. The lowest BCUT2D eigenvalue weighted by Crippen LogP contribution is -2.37. The summed E-state index contributed by atoms with van der Waals surface area (Å²) in [6.45, 7) is 1.74. The number of rotatable bonds is 6. The van der Waals surface area contributed by atoms with Crippen LogP contribution in [0.1, 0.15) is 5.69 Å². The predicted octanol–water partition coefficient (Wildman–Crippen LogP) is 2.51. The zero-order valence-corrected chi connectivity index (χ0v) is 17.6. The summed E-state index contributed by atoms with van der Waals surface area (Å²) in [5.41, 5.74) is 0.438. The number of nitrogens with one attached hydrogen (secondary N) is 1. The molecule has 1 aromatic heterocycles. The van der Waals surface area contributed by atoms with Gasteiger partial charge in [0.2, 0.25) is 5.43 Å². The van der Waals surface area contributed by atoms with Crippen molar-refractivity contribution in [3.05, 3.63) is 85.0 Å². The summed E-state index contributed by atoms with van der Waals surface area (Å²) in [5, 5.41) is 2.97. The first-order chi connectivity index (χ1) is 14.9. The second-order valence-corrected chi connectivity index (χ2v) is 7.04. The molecule has 0 atom stereocenters. The molecule has 0 aliphatic heterocycles. The SMILES string of the molecule is COc1ccc(Nc2c(-c3c(C)n(C)n(-c4ccccc4)c3=O)c(=O)c2=O)cc1OC. The van der Waals surface area contributed by atoms with Crippen LogP contribution in [-0.4, -0.2) is 23.6 Å². The van der Waals surface area contributed by atoms with Crippen molar-refractivity contribution in [3.8, 4) is 28.3 Å². The Kier molecular flexibility index (Phi) is 4.98. The zero-order valence-electron chi connectivity index (χ0n) is 17.6. The summed E-state index contributed by atoms with van der Waals surface area (Å²) >= 11 is 0. The lowest BCUT2D eigenvalue weighted by molar-refractivity contribution is 0.355. The minimum absolute atomic E-state index is 0.0863. The van der Waals surface area contributed by atoms with E-state index in [2.05, 4.69) is 5.32 Å². The standard InChI is InChI=1S/C23H21N3O5/c1-13-18(23(29)26(25(13)2)15-8-6-5-7-9-15)19-20(22(28)21(19)27)24-14-10-11-16(30-3)17(12-14)31-4/h5-12,24H,1-4H3. The van der Waals surface area contributed by atoms with E-state index < -0.39 is 10.9 Å². The predicted molar refractivity (Wildman–Crippen MR) is 119 cm³/mol. The Morgan fingerprint density at radius 2 is 1.52 bits per heavy atom. The molecule has 1 heterocycles.